The molecule has 3 aromatic rings. The molecular weight excluding hydrogens is 425 g/mol. The number of benzene rings is 2. The predicted molar refractivity (Wildman–Crippen MR) is 131 cm³/mol. The molecule has 1 aromatic heterocycles. The zero-order valence-electron chi connectivity index (χ0n) is 19.0. The molecule has 0 amide bonds. The van der Waals surface area contributed by atoms with E-state index in [1.165, 1.54) is 6.07 Å². The van der Waals surface area contributed by atoms with Crippen LogP contribution in [0.15, 0.2) is 36.4 Å². The van der Waals surface area contributed by atoms with Gasteiger partial charge in [-0.2, -0.15) is 4.98 Å². The van der Waals surface area contributed by atoms with E-state index in [9.17, 15) is 4.39 Å². The van der Waals surface area contributed by atoms with Gasteiger partial charge in [-0.15, -0.1) is 0 Å². The summed E-state index contributed by atoms with van der Waals surface area (Å²) < 4.78 is 14.1. The number of fused-ring (bicyclic) bond motifs is 1. The van der Waals surface area contributed by atoms with Crippen LogP contribution in [0.3, 0.4) is 0 Å². The third-order valence-electron chi connectivity index (χ3n) is 6.30. The molecule has 0 aliphatic heterocycles. The molecule has 7 heteroatoms. The van der Waals surface area contributed by atoms with Gasteiger partial charge in [0.2, 0.25) is 5.95 Å². The Morgan fingerprint density at radius 1 is 1.06 bits per heavy atom. The van der Waals surface area contributed by atoms with E-state index in [1.54, 1.807) is 6.07 Å². The number of rotatable bonds is 7. The fourth-order valence-electron chi connectivity index (χ4n) is 4.44. The van der Waals surface area contributed by atoms with Crippen LogP contribution in [0.5, 0.6) is 0 Å². The second-order valence-corrected chi connectivity index (χ2v) is 9.31. The molecule has 4 rings (SSSR count). The maximum atomic E-state index is 14.1. The Morgan fingerprint density at radius 2 is 1.81 bits per heavy atom. The molecule has 0 bridgehead atoms. The summed E-state index contributed by atoms with van der Waals surface area (Å²) in [6.45, 7) is 3.23. The van der Waals surface area contributed by atoms with Gasteiger partial charge < -0.3 is 15.5 Å². The molecule has 0 atom stereocenters. The Labute approximate surface area is 194 Å². The molecule has 1 saturated carbocycles. The first-order valence-electron chi connectivity index (χ1n) is 11.3. The number of nitrogens with zero attached hydrogens (tertiary/aromatic N) is 3. The highest BCUT2D eigenvalue weighted by Gasteiger charge is 2.22. The van der Waals surface area contributed by atoms with Crippen LogP contribution in [-0.4, -0.2) is 36.6 Å². The van der Waals surface area contributed by atoms with Crippen molar-refractivity contribution in [3.63, 3.8) is 0 Å². The van der Waals surface area contributed by atoms with Gasteiger partial charge in [0, 0.05) is 37.6 Å². The van der Waals surface area contributed by atoms with E-state index < -0.39 is 0 Å². The average Bonchev–Trinajstić information content (AvgIpc) is 2.79. The van der Waals surface area contributed by atoms with E-state index in [-0.39, 0.29) is 5.82 Å². The number of nitrogens with one attached hydrogen (secondary N) is 2. The molecule has 2 aromatic carbocycles. The van der Waals surface area contributed by atoms with Crippen LogP contribution < -0.4 is 15.5 Å². The highest BCUT2D eigenvalue weighted by molar-refractivity contribution is 6.32. The highest BCUT2D eigenvalue weighted by atomic mass is 35.5. The van der Waals surface area contributed by atoms with Crippen LogP contribution in [0.25, 0.3) is 10.9 Å². The minimum absolute atomic E-state index is 0.242. The molecule has 0 radical (unpaired) electrons. The van der Waals surface area contributed by atoms with Crippen LogP contribution in [0, 0.1) is 18.7 Å². The Kier molecular flexibility index (Phi) is 7.11. The summed E-state index contributed by atoms with van der Waals surface area (Å²) >= 11 is 6.28. The number of halogens is 2. The molecule has 0 unspecified atom stereocenters. The van der Waals surface area contributed by atoms with Crippen molar-refractivity contribution in [1.82, 2.24) is 15.3 Å². The van der Waals surface area contributed by atoms with E-state index in [0.29, 0.717) is 35.0 Å². The van der Waals surface area contributed by atoms with Gasteiger partial charge in [0.25, 0.3) is 0 Å². The molecule has 1 fully saturated rings. The fourth-order valence-corrected chi connectivity index (χ4v) is 4.66. The maximum Gasteiger partial charge on any atom is 0.225 e. The molecule has 0 saturated heterocycles. The molecule has 32 heavy (non-hydrogen) atoms. The lowest BCUT2D eigenvalue weighted by molar-refractivity contribution is 0.323. The van der Waals surface area contributed by atoms with Gasteiger partial charge in [0.15, 0.2) is 0 Å². The van der Waals surface area contributed by atoms with Gasteiger partial charge in [0.05, 0.1) is 10.5 Å². The molecule has 2 N–H and O–H groups in total. The van der Waals surface area contributed by atoms with E-state index in [1.807, 2.05) is 44.1 Å². The largest absolute Gasteiger partial charge is 0.362 e. The van der Waals surface area contributed by atoms with Crippen molar-refractivity contribution in [2.45, 2.75) is 45.2 Å². The Bertz CT molecular complexity index is 1080. The van der Waals surface area contributed by atoms with Gasteiger partial charge in [-0.1, -0.05) is 29.8 Å². The van der Waals surface area contributed by atoms with Crippen LogP contribution >= 0.6 is 11.6 Å². The SMILES string of the molecule is Cc1ccc(F)c(CNCC2CCC(Nc3nc(N(C)C)c4ccccc4n3)CC2)c1Cl. The molecule has 1 aliphatic rings. The van der Waals surface area contributed by atoms with Crippen LogP contribution in [0.1, 0.15) is 36.8 Å². The normalized spacial score (nSPS) is 18.7. The highest BCUT2D eigenvalue weighted by Crippen LogP contribution is 2.29. The van der Waals surface area contributed by atoms with Gasteiger partial charge in [0.1, 0.15) is 11.6 Å². The minimum atomic E-state index is -0.242. The van der Waals surface area contributed by atoms with Gasteiger partial charge in [-0.3, -0.25) is 0 Å². The van der Waals surface area contributed by atoms with E-state index >= 15 is 0 Å². The van der Waals surface area contributed by atoms with E-state index in [0.717, 1.165) is 54.5 Å². The fraction of sp³-hybridized carbons (Fsp3) is 0.440. The molecule has 0 spiro atoms. The molecule has 1 aliphatic carbocycles. The summed E-state index contributed by atoms with van der Waals surface area (Å²) in [5.41, 5.74) is 2.42. The summed E-state index contributed by atoms with van der Waals surface area (Å²) in [7, 11) is 4.01. The van der Waals surface area contributed by atoms with Crippen molar-refractivity contribution in [2.75, 3.05) is 30.9 Å². The van der Waals surface area contributed by atoms with Crippen LogP contribution in [-0.2, 0) is 6.54 Å². The van der Waals surface area contributed by atoms with Crippen molar-refractivity contribution >= 4 is 34.3 Å². The van der Waals surface area contributed by atoms with Gasteiger partial charge in [-0.25, -0.2) is 9.37 Å². The topological polar surface area (TPSA) is 53.1 Å². The van der Waals surface area contributed by atoms with Crippen molar-refractivity contribution in [2.24, 2.45) is 5.92 Å². The summed E-state index contributed by atoms with van der Waals surface area (Å²) in [5, 5.41) is 8.55. The number of aromatic nitrogens is 2. The monoisotopic (exact) mass is 455 g/mol. The van der Waals surface area contributed by atoms with Crippen molar-refractivity contribution in [1.29, 1.82) is 0 Å². The standard InChI is InChI=1S/C25H31ClFN5/c1-16-8-13-21(27)20(23(16)26)15-28-14-17-9-11-18(12-10-17)29-25-30-22-7-5-4-6-19(22)24(31-25)32(2)3/h4-8,13,17-18,28H,9-12,14-15H2,1-3H3,(H,29,30,31). The lowest BCUT2D eigenvalue weighted by atomic mass is 9.86. The number of hydrogen-bond acceptors (Lipinski definition) is 5. The third kappa shape index (κ3) is 5.13. The zero-order valence-corrected chi connectivity index (χ0v) is 19.7. The first-order valence-corrected chi connectivity index (χ1v) is 11.6. The predicted octanol–water partition coefficient (Wildman–Crippen LogP) is 5.56. The first kappa shape index (κ1) is 22.7. The summed E-state index contributed by atoms with van der Waals surface area (Å²) in [6, 6.07) is 11.7. The van der Waals surface area contributed by atoms with Gasteiger partial charge in [-0.05, 0) is 68.8 Å². The third-order valence-corrected chi connectivity index (χ3v) is 6.83. The first-order chi connectivity index (χ1) is 15.4. The smallest absolute Gasteiger partial charge is 0.225 e. The number of anilines is 2. The second kappa shape index (κ2) is 10.0. The Hall–Kier alpha value is -2.44. The van der Waals surface area contributed by atoms with Crippen molar-refractivity contribution < 1.29 is 4.39 Å². The van der Waals surface area contributed by atoms with Gasteiger partial charge >= 0.3 is 0 Å². The van der Waals surface area contributed by atoms with Crippen LogP contribution in [0.2, 0.25) is 5.02 Å². The van der Waals surface area contributed by atoms with Crippen molar-refractivity contribution in [3.05, 3.63) is 58.4 Å². The molecular formula is C25H31ClFN5. The molecule has 170 valence electrons. The maximum absolute atomic E-state index is 14.1. The lowest BCUT2D eigenvalue weighted by Crippen LogP contribution is -2.32. The van der Waals surface area contributed by atoms with Crippen LogP contribution in [0.4, 0.5) is 16.2 Å². The molecule has 1 heterocycles. The average molecular weight is 456 g/mol. The Balaban J connectivity index is 1.31. The van der Waals surface area contributed by atoms with E-state index in [4.69, 9.17) is 21.6 Å². The summed E-state index contributed by atoms with van der Waals surface area (Å²) in [6.07, 6.45) is 4.37. The number of aryl methyl sites for hydroxylation is 1. The van der Waals surface area contributed by atoms with Crippen molar-refractivity contribution in [3.8, 4) is 0 Å². The quantitative estimate of drug-likeness (QED) is 0.488. The zero-order chi connectivity index (χ0) is 22.7. The minimum Gasteiger partial charge on any atom is -0.362 e. The summed E-state index contributed by atoms with van der Waals surface area (Å²) in [4.78, 5) is 11.5. The lowest BCUT2D eigenvalue weighted by Gasteiger charge is -2.29. The number of hydrogen-bond donors (Lipinski definition) is 2. The molecule has 5 nitrogen and oxygen atoms in total. The summed E-state index contributed by atoms with van der Waals surface area (Å²) in [5.74, 6) is 1.96. The van der Waals surface area contributed by atoms with E-state index in [2.05, 4.69) is 16.7 Å². The Morgan fingerprint density at radius 3 is 2.56 bits per heavy atom. The number of para-hydroxylation sites is 1. The second-order valence-electron chi connectivity index (χ2n) is 8.93.